The molecule has 2 aromatic heterocycles. The summed E-state index contributed by atoms with van der Waals surface area (Å²) in [6, 6.07) is 7.78. The molecule has 0 aliphatic carbocycles. The average Bonchev–Trinajstić information content (AvgIpc) is 3.22. The summed E-state index contributed by atoms with van der Waals surface area (Å²) in [5.41, 5.74) is 0.320. The van der Waals surface area contributed by atoms with E-state index >= 15 is 0 Å². The number of thiophene rings is 1. The van der Waals surface area contributed by atoms with Crippen molar-refractivity contribution in [2.75, 3.05) is 13.1 Å². The lowest BCUT2D eigenvalue weighted by Crippen LogP contribution is -2.42. The van der Waals surface area contributed by atoms with E-state index in [9.17, 15) is 18.8 Å². The molecule has 1 aliphatic rings. The maximum Gasteiger partial charge on any atom is 0.331 e. The van der Waals surface area contributed by atoms with Crippen molar-refractivity contribution in [3.63, 3.8) is 0 Å². The second-order valence-corrected chi connectivity index (χ2v) is 8.20. The third kappa shape index (κ3) is 4.03. The van der Waals surface area contributed by atoms with E-state index in [1.807, 2.05) is 4.90 Å². The molecule has 3 aromatic rings. The molecule has 0 saturated carbocycles. The van der Waals surface area contributed by atoms with Crippen molar-refractivity contribution < 1.29 is 9.18 Å². The summed E-state index contributed by atoms with van der Waals surface area (Å²) in [5.74, 6) is -0.406. The van der Waals surface area contributed by atoms with Crippen LogP contribution in [0.15, 0.2) is 45.3 Å². The van der Waals surface area contributed by atoms with Gasteiger partial charge in [0.15, 0.2) is 0 Å². The number of carbonyl (C=O) groups is 1. The number of hydrogen-bond donors (Lipinski definition) is 0. The fraction of sp³-hybridized carbons (Fsp3) is 0.381. The van der Waals surface area contributed by atoms with Crippen molar-refractivity contribution in [1.82, 2.24) is 14.0 Å². The summed E-state index contributed by atoms with van der Waals surface area (Å²) >= 11 is 1.26. The molecule has 152 valence electrons. The number of nitrogens with zero attached hydrogens (tertiary/aromatic N) is 3. The smallest absolute Gasteiger partial charge is 0.331 e. The van der Waals surface area contributed by atoms with Crippen LogP contribution in [0.25, 0.3) is 10.2 Å². The van der Waals surface area contributed by atoms with E-state index < -0.39 is 5.69 Å². The van der Waals surface area contributed by atoms with Crippen LogP contribution >= 0.6 is 11.3 Å². The van der Waals surface area contributed by atoms with E-state index in [1.54, 1.807) is 23.6 Å². The highest BCUT2D eigenvalue weighted by Gasteiger charge is 2.19. The van der Waals surface area contributed by atoms with Gasteiger partial charge in [-0.3, -0.25) is 18.7 Å². The lowest BCUT2D eigenvalue weighted by atomic mass is 10.1. The Balaban J connectivity index is 1.66. The molecule has 1 aromatic carbocycles. The fourth-order valence-corrected chi connectivity index (χ4v) is 4.65. The van der Waals surface area contributed by atoms with Gasteiger partial charge < -0.3 is 4.90 Å². The highest BCUT2D eigenvalue weighted by molar-refractivity contribution is 7.17. The lowest BCUT2D eigenvalue weighted by Gasteiger charge is -2.26. The van der Waals surface area contributed by atoms with Gasteiger partial charge in [-0.15, -0.1) is 11.3 Å². The molecular formula is C21H22FN3O3S. The molecule has 1 fully saturated rings. The van der Waals surface area contributed by atoms with E-state index in [0.29, 0.717) is 15.8 Å². The number of fused-ring (bicyclic) bond motifs is 1. The van der Waals surface area contributed by atoms with Gasteiger partial charge in [-0.2, -0.15) is 0 Å². The van der Waals surface area contributed by atoms with Gasteiger partial charge in [0.1, 0.15) is 10.5 Å². The van der Waals surface area contributed by atoms with Crippen LogP contribution in [-0.4, -0.2) is 33.0 Å². The van der Waals surface area contributed by atoms with E-state index in [-0.39, 0.29) is 36.8 Å². The number of amides is 1. The summed E-state index contributed by atoms with van der Waals surface area (Å²) in [6.07, 6.45) is 3.23. The van der Waals surface area contributed by atoms with Gasteiger partial charge in [0.05, 0.1) is 12.1 Å². The van der Waals surface area contributed by atoms with Gasteiger partial charge in [0.25, 0.3) is 5.56 Å². The van der Waals surface area contributed by atoms with Crippen LogP contribution in [0.3, 0.4) is 0 Å². The first-order valence-corrected chi connectivity index (χ1v) is 10.7. The number of piperidine rings is 1. The Hall–Kier alpha value is -2.74. The number of halogens is 1. The summed E-state index contributed by atoms with van der Waals surface area (Å²) in [6.45, 7) is 1.68. The molecule has 8 heteroatoms. The van der Waals surface area contributed by atoms with Gasteiger partial charge in [-0.25, -0.2) is 9.18 Å². The maximum absolute atomic E-state index is 13.6. The van der Waals surface area contributed by atoms with Crippen molar-refractivity contribution >= 4 is 27.5 Å². The van der Waals surface area contributed by atoms with Crippen LogP contribution in [0.1, 0.15) is 31.2 Å². The number of rotatable bonds is 5. The molecule has 0 radical (unpaired) electrons. The Morgan fingerprint density at radius 3 is 2.62 bits per heavy atom. The molecule has 3 heterocycles. The SMILES string of the molecule is O=C(CCn1c(=O)c2sccc2n(Cc2cccc(F)c2)c1=O)N1CCCCC1. The van der Waals surface area contributed by atoms with Gasteiger partial charge in [-0.1, -0.05) is 12.1 Å². The van der Waals surface area contributed by atoms with E-state index in [4.69, 9.17) is 0 Å². The van der Waals surface area contributed by atoms with Crippen LogP contribution < -0.4 is 11.2 Å². The second kappa shape index (κ2) is 8.32. The molecule has 0 spiro atoms. The van der Waals surface area contributed by atoms with Gasteiger partial charge in [-0.05, 0) is 48.4 Å². The first-order valence-electron chi connectivity index (χ1n) is 9.77. The Kier molecular flexibility index (Phi) is 5.62. The fourth-order valence-electron chi connectivity index (χ4n) is 3.81. The number of likely N-dealkylation sites (tertiary alicyclic amines) is 1. The summed E-state index contributed by atoms with van der Waals surface area (Å²) in [7, 11) is 0. The molecule has 1 saturated heterocycles. The largest absolute Gasteiger partial charge is 0.343 e. The van der Waals surface area contributed by atoms with E-state index in [1.165, 1.54) is 28.0 Å². The van der Waals surface area contributed by atoms with Crippen LogP contribution in [0, 0.1) is 5.82 Å². The van der Waals surface area contributed by atoms with Crippen LogP contribution in [-0.2, 0) is 17.9 Å². The van der Waals surface area contributed by atoms with Crippen molar-refractivity contribution in [3.05, 3.63) is 67.9 Å². The zero-order valence-electron chi connectivity index (χ0n) is 16.0. The first-order chi connectivity index (χ1) is 14.0. The number of aromatic nitrogens is 2. The highest BCUT2D eigenvalue weighted by Crippen LogP contribution is 2.17. The summed E-state index contributed by atoms with van der Waals surface area (Å²) < 4.78 is 16.7. The zero-order chi connectivity index (χ0) is 20.4. The Labute approximate surface area is 170 Å². The molecule has 0 N–H and O–H groups in total. The minimum atomic E-state index is -0.475. The normalized spacial score (nSPS) is 14.4. The molecule has 0 bridgehead atoms. The van der Waals surface area contributed by atoms with Crippen LogP contribution in [0.4, 0.5) is 4.39 Å². The van der Waals surface area contributed by atoms with Crippen molar-refractivity contribution in [2.24, 2.45) is 0 Å². The monoisotopic (exact) mass is 415 g/mol. The minimum Gasteiger partial charge on any atom is -0.343 e. The third-order valence-corrected chi connectivity index (χ3v) is 6.22. The standard InChI is InChI=1S/C21H22FN3O3S/c22-16-6-4-5-15(13-16)14-25-17-8-12-29-19(17)20(27)24(21(25)28)11-7-18(26)23-9-2-1-3-10-23/h4-6,8,12-13H,1-3,7,9-11,14H2. The van der Waals surface area contributed by atoms with Gasteiger partial charge in [0, 0.05) is 26.1 Å². The Morgan fingerprint density at radius 1 is 1.07 bits per heavy atom. The van der Waals surface area contributed by atoms with E-state index in [2.05, 4.69) is 0 Å². The van der Waals surface area contributed by atoms with Crippen molar-refractivity contribution in [2.45, 2.75) is 38.8 Å². The Bertz CT molecular complexity index is 1160. The molecule has 6 nitrogen and oxygen atoms in total. The molecule has 1 aliphatic heterocycles. The highest BCUT2D eigenvalue weighted by atomic mass is 32.1. The first kappa shape index (κ1) is 19.6. The quantitative estimate of drug-likeness (QED) is 0.644. The van der Waals surface area contributed by atoms with Crippen molar-refractivity contribution in [3.8, 4) is 0 Å². The topological polar surface area (TPSA) is 64.3 Å². The Morgan fingerprint density at radius 2 is 1.86 bits per heavy atom. The average molecular weight is 415 g/mol. The molecule has 1 amide bonds. The summed E-state index contributed by atoms with van der Waals surface area (Å²) in [4.78, 5) is 40.2. The van der Waals surface area contributed by atoms with Gasteiger partial charge >= 0.3 is 5.69 Å². The predicted molar refractivity (Wildman–Crippen MR) is 111 cm³/mol. The number of hydrogen-bond acceptors (Lipinski definition) is 4. The molecule has 4 rings (SSSR count). The summed E-state index contributed by atoms with van der Waals surface area (Å²) in [5, 5.41) is 1.76. The van der Waals surface area contributed by atoms with Crippen LogP contribution in [0.5, 0.6) is 0 Å². The molecular weight excluding hydrogens is 393 g/mol. The minimum absolute atomic E-state index is 0.0287. The van der Waals surface area contributed by atoms with Crippen LogP contribution in [0.2, 0.25) is 0 Å². The third-order valence-electron chi connectivity index (χ3n) is 5.32. The second-order valence-electron chi connectivity index (χ2n) is 7.28. The van der Waals surface area contributed by atoms with Gasteiger partial charge in [0.2, 0.25) is 5.91 Å². The number of benzene rings is 1. The zero-order valence-corrected chi connectivity index (χ0v) is 16.8. The predicted octanol–water partition coefficient (Wildman–Crippen LogP) is 2.81. The maximum atomic E-state index is 13.6. The molecule has 0 unspecified atom stereocenters. The molecule has 29 heavy (non-hydrogen) atoms. The van der Waals surface area contributed by atoms with Crippen molar-refractivity contribution in [1.29, 1.82) is 0 Å². The lowest BCUT2D eigenvalue weighted by molar-refractivity contribution is -0.132. The number of carbonyl (C=O) groups excluding carboxylic acids is 1. The molecule has 0 atom stereocenters. The van der Waals surface area contributed by atoms with E-state index in [0.717, 1.165) is 36.9 Å².